The maximum atomic E-state index is 12.5. The second kappa shape index (κ2) is 8.88. The molecule has 5 nitrogen and oxygen atoms in total. The van der Waals surface area contributed by atoms with E-state index in [1.807, 2.05) is 0 Å². The standard InChI is InChI=1S/C18H17ClF3N3O2/c1-25(11-17(27)24-15-8-4-13(19)5-9-15)10-16(26)23-14-6-2-12(3-7-14)18(20,21)22/h2-9H,10-11H2,1H3,(H,23,26)(H,24,27)/p+1. The molecule has 144 valence electrons. The lowest BCUT2D eigenvalue weighted by Crippen LogP contribution is -3.11. The van der Waals surface area contributed by atoms with Crippen molar-refractivity contribution in [1.82, 2.24) is 0 Å². The highest BCUT2D eigenvalue weighted by molar-refractivity contribution is 6.30. The second-order valence-corrected chi connectivity index (χ2v) is 6.43. The molecule has 0 saturated carbocycles. The summed E-state index contributed by atoms with van der Waals surface area (Å²) < 4.78 is 37.5. The van der Waals surface area contributed by atoms with E-state index in [1.165, 1.54) is 12.1 Å². The molecule has 3 N–H and O–H groups in total. The molecule has 2 aromatic rings. The van der Waals surface area contributed by atoms with Crippen LogP contribution in [0.4, 0.5) is 24.5 Å². The van der Waals surface area contributed by atoms with Crippen molar-refractivity contribution in [3.05, 3.63) is 59.1 Å². The molecule has 2 amide bonds. The Morgan fingerprint density at radius 2 is 1.30 bits per heavy atom. The third kappa shape index (κ3) is 6.92. The van der Waals surface area contributed by atoms with Crippen molar-refractivity contribution in [1.29, 1.82) is 0 Å². The van der Waals surface area contributed by atoms with Crippen LogP contribution in [0.25, 0.3) is 0 Å². The van der Waals surface area contributed by atoms with Gasteiger partial charge in [-0.05, 0) is 48.5 Å². The van der Waals surface area contributed by atoms with Gasteiger partial charge in [-0.15, -0.1) is 0 Å². The van der Waals surface area contributed by atoms with Gasteiger partial charge in [0.1, 0.15) is 0 Å². The number of anilines is 2. The van der Waals surface area contributed by atoms with Crippen LogP contribution in [-0.4, -0.2) is 32.0 Å². The monoisotopic (exact) mass is 400 g/mol. The van der Waals surface area contributed by atoms with Crippen LogP contribution in [0.3, 0.4) is 0 Å². The number of halogens is 4. The lowest BCUT2D eigenvalue weighted by molar-refractivity contribution is -0.862. The predicted octanol–water partition coefficient (Wildman–Crippen LogP) is 2.45. The van der Waals surface area contributed by atoms with Gasteiger partial charge in [0.05, 0.1) is 12.6 Å². The number of benzene rings is 2. The quantitative estimate of drug-likeness (QED) is 0.697. The lowest BCUT2D eigenvalue weighted by Gasteiger charge is -2.14. The summed E-state index contributed by atoms with van der Waals surface area (Å²) in [4.78, 5) is 24.6. The summed E-state index contributed by atoms with van der Waals surface area (Å²) in [5, 5.41) is 5.75. The van der Waals surface area contributed by atoms with E-state index in [9.17, 15) is 22.8 Å². The fourth-order valence-electron chi connectivity index (χ4n) is 2.30. The predicted molar refractivity (Wildman–Crippen MR) is 96.8 cm³/mol. The topological polar surface area (TPSA) is 62.6 Å². The van der Waals surface area contributed by atoms with Crippen LogP contribution < -0.4 is 15.5 Å². The minimum Gasteiger partial charge on any atom is -0.322 e. The fourth-order valence-corrected chi connectivity index (χ4v) is 2.42. The number of likely N-dealkylation sites (N-methyl/N-ethyl adjacent to an activating group) is 1. The number of amides is 2. The zero-order valence-corrected chi connectivity index (χ0v) is 15.1. The van der Waals surface area contributed by atoms with Crippen LogP contribution >= 0.6 is 11.6 Å². The molecule has 0 aliphatic rings. The number of carbonyl (C=O) groups excluding carboxylic acids is 2. The molecule has 1 unspecified atom stereocenters. The van der Waals surface area contributed by atoms with Gasteiger partial charge in [-0.2, -0.15) is 13.2 Å². The molecule has 0 radical (unpaired) electrons. The first-order valence-corrected chi connectivity index (χ1v) is 8.35. The van der Waals surface area contributed by atoms with E-state index >= 15 is 0 Å². The molecular formula is C18H18ClF3N3O2+. The van der Waals surface area contributed by atoms with Crippen LogP contribution in [0.1, 0.15) is 5.56 Å². The Kier molecular flexibility index (Phi) is 6.81. The summed E-state index contributed by atoms with van der Waals surface area (Å²) in [6, 6.07) is 10.8. The van der Waals surface area contributed by atoms with Gasteiger partial charge < -0.3 is 15.5 Å². The maximum Gasteiger partial charge on any atom is 0.416 e. The average Bonchev–Trinajstić information content (AvgIpc) is 2.56. The van der Waals surface area contributed by atoms with Crippen molar-refractivity contribution in [3.8, 4) is 0 Å². The largest absolute Gasteiger partial charge is 0.416 e. The van der Waals surface area contributed by atoms with Gasteiger partial charge in [0.2, 0.25) is 0 Å². The summed E-state index contributed by atoms with van der Waals surface area (Å²) >= 11 is 5.77. The lowest BCUT2D eigenvalue weighted by atomic mass is 10.2. The molecule has 0 bridgehead atoms. The molecule has 0 heterocycles. The zero-order valence-electron chi connectivity index (χ0n) is 14.4. The van der Waals surface area contributed by atoms with Gasteiger partial charge in [0.15, 0.2) is 13.1 Å². The molecule has 1 atom stereocenters. The number of nitrogens with one attached hydrogen (secondary N) is 3. The van der Waals surface area contributed by atoms with E-state index in [2.05, 4.69) is 10.6 Å². The molecule has 27 heavy (non-hydrogen) atoms. The van der Waals surface area contributed by atoms with Gasteiger partial charge in [-0.1, -0.05) is 11.6 Å². The van der Waals surface area contributed by atoms with Gasteiger partial charge in [0, 0.05) is 16.4 Å². The Bertz CT molecular complexity index is 793. The van der Waals surface area contributed by atoms with E-state index in [1.54, 1.807) is 31.3 Å². The minimum absolute atomic E-state index is 0.0188. The Hall–Kier alpha value is -2.58. The molecule has 0 aliphatic heterocycles. The Morgan fingerprint density at radius 1 is 0.889 bits per heavy atom. The molecular weight excluding hydrogens is 383 g/mol. The highest BCUT2D eigenvalue weighted by atomic mass is 35.5. The van der Waals surface area contributed by atoms with E-state index in [-0.39, 0.29) is 24.7 Å². The van der Waals surface area contributed by atoms with Crippen molar-refractivity contribution < 1.29 is 27.7 Å². The first kappa shape index (κ1) is 20.7. The normalized spacial score (nSPS) is 12.3. The van der Waals surface area contributed by atoms with Crippen molar-refractivity contribution in [2.24, 2.45) is 0 Å². The summed E-state index contributed by atoms with van der Waals surface area (Å²) in [5.41, 5.74) is 0.0555. The summed E-state index contributed by atoms with van der Waals surface area (Å²) in [5.74, 6) is -0.691. The number of hydrogen-bond acceptors (Lipinski definition) is 2. The molecule has 0 spiro atoms. The van der Waals surface area contributed by atoms with Crippen molar-refractivity contribution >= 4 is 34.8 Å². The SMILES string of the molecule is C[NH+](CC(=O)Nc1ccc(Cl)cc1)CC(=O)Nc1ccc(C(F)(F)F)cc1. The first-order valence-electron chi connectivity index (χ1n) is 7.97. The summed E-state index contributed by atoms with van der Waals surface area (Å²) in [7, 11) is 1.66. The molecule has 9 heteroatoms. The molecule has 0 aliphatic carbocycles. The van der Waals surface area contributed by atoms with Crippen LogP contribution in [-0.2, 0) is 15.8 Å². The third-order valence-corrected chi connectivity index (χ3v) is 3.80. The number of quaternary nitrogens is 1. The molecule has 0 fully saturated rings. The zero-order chi connectivity index (χ0) is 20.0. The Labute approximate surface area is 159 Å². The highest BCUT2D eigenvalue weighted by Gasteiger charge is 2.30. The van der Waals surface area contributed by atoms with Crippen LogP contribution in [0, 0.1) is 0 Å². The van der Waals surface area contributed by atoms with E-state index in [0.717, 1.165) is 12.1 Å². The third-order valence-electron chi connectivity index (χ3n) is 3.55. The smallest absolute Gasteiger partial charge is 0.322 e. The Morgan fingerprint density at radius 3 is 1.70 bits per heavy atom. The van der Waals surface area contributed by atoms with Crippen LogP contribution in [0.15, 0.2) is 48.5 Å². The number of carbonyl (C=O) groups is 2. The average molecular weight is 401 g/mol. The molecule has 2 aromatic carbocycles. The minimum atomic E-state index is -4.43. The Balaban J connectivity index is 1.80. The van der Waals surface area contributed by atoms with E-state index < -0.39 is 17.6 Å². The van der Waals surface area contributed by atoms with Crippen molar-refractivity contribution in [3.63, 3.8) is 0 Å². The molecule has 2 rings (SSSR count). The van der Waals surface area contributed by atoms with Gasteiger partial charge in [-0.3, -0.25) is 9.59 Å². The fraction of sp³-hybridized carbons (Fsp3) is 0.222. The summed E-state index contributed by atoms with van der Waals surface area (Å²) in [6.07, 6.45) is -4.43. The first-order chi connectivity index (χ1) is 12.6. The van der Waals surface area contributed by atoms with E-state index in [4.69, 9.17) is 11.6 Å². The maximum absolute atomic E-state index is 12.5. The van der Waals surface area contributed by atoms with Gasteiger partial charge >= 0.3 is 6.18 Å². The number of hydrogen-bond donors (Lipinski definition) is 3. The highest BCUT2D eigenvalue weighted by Crippen LogP contribution is 2.29. The van der Waals surface area contributed by atoms with Gasteiger partial charge in [0.25, 0.3) is 11.8 Å². The van der Waals surface area contributed by atoms with Crippen molar-refractivity contribution in [2.75, 3.05) is 30.8 Å². The summed E-state index contributed by atoms with van der Waals surface area (Å²) in [6.45, 7) is 0.0259. The molecule has 0 aromatic heterocycles. The molecule has 0 saturated heterocycles. The van der Waals surface area contributed by atoms with Gasteiger partial charge in [-0.25, -0.2) is 0 Å². The van der Waals surface area contributed by atoms with E-state index in [0.29, 0.717) is 15.6 Å². The number of alkyl halides is 3. The number of rotatable bonds is 6. The second-order valence-electron chi connectivity index (χ2n) is 5.99. The van der Waals surface area contributed by atoms with Crippen LogP contribution in [0.2, 0.25) is 5.02 Å². The van der Waals surface area contributed by atoms with Crippen molar-refractivity contribution in [2.45, 2.75) is 6.18 Å². The van der Waals surface area contributed by atoms with Crippen LogP contribution in [0.5, 0.6) is 0 Å².